The van der Waals surface area contributed by atoms with E-state index in [-0.39, 0.29) is 0 Å². The van der Waals surface area contributed by atoms with Crippen molar-refractivity contribution in [3.8, 4) is 6.07 Å². The van der Waals surface area contributed by atoms with Crippen LogP contribution in [-0.4, -0.2) is 41.1 Å². The summed E-state index contributed by atoms with van der Waals surface area (Å²) in [4.78, 5) is 5.63. The maximum Gasteiger partial charge on any atom is 0.109 e. The minimum atomic E-state index is 0.296. The van der Waals surface area contributed by atoms with E-state index in [1.165, 1.54) is 0 Å². The van der Waals surface area contributed by atoms with E-state index >= 15 is 0 Å². The van der Waals surface area contributed by atoms with Crippen molar-refractivity contribution in [3.05, 3.63) is 47.9 Å². The molecule has 4 N–H and O–H groups in total. The Hall–Kier alpha value is -2.49. The van der Waals surface area contributed by atoms with E-state index < -0.39 is 0 Å². The van der Waals surface area contributed by atoms with E-state index in [9.17, 15) is 0 Å². The van der Waals surface area contributed by atoms with Gasteiger partial charge in [0, 0.05) is 17.8 Å². The number of nitrogens with two attached hydrogens (primary N) is 1. The number of rotatable bonds is 5. The van der Waals surface area contributed by atoms with E-state index in [2.05, 4.69) is 41.0 Å². The summed E-state index contributed by atoms with van der Waals surface area (Å²) in [6, 6.07) is 10.2. The van der Waals surface area contributed by atoms with Gasteiger partial charge in [0.05, 0.1) is 24.2 Å². The number of nitrogens with one attached hydrogen (secondary N) is 2. The minimum Gasteiger partial charge on any atom is -0.366 e. The molecule has 0 saturated carbocycles. The molecule has 1 aliphatic rings. The van der Waals surface area contributed by atoms with Crippen molar-refractivity contribution < 1.29 is 0 Å². The summed E-state index contributed by atoms with van der Waals surface area (Å²) in [7, 11) is 2.12. The Morgan fingerprint density at radius 1 is 1.54 bits per heavy atom. The number of fused-ring (bicyclic) bond motifs is 1. The van der Waals surface area contributed by atoms with Gasteiger partial charge in [0.2, 0.25) is 0 Å². The quantitative estimate of drug-likeness (QED) is 0.577. The maximum atomic E-state index is 8.97. The number of aromatic nitrogens is 1. The second-order valence-corrected chi connectivity index (χ2v) is 6.47. The van der Waals surface area contributed by atoms with Crippen molar-refractivity contribution in [2.45, 2.75) is 25.4 Å². The molecule has 2 heterocycles. The highest BCUT2D eigenvalue weighted by atomic mass is 15.5. The van der Waals surface area contributed by atoms with E-state index in [4.69, 9.17) is 11.1 Å². The molecule has 1 atom stereocenters. The number of likely N-dealkylation sites (N-methyl/N-ethyl adjacent to an activating group) is 1. The Labute approximate surface area is 142 Å². The highest BCUT2D eigenvalue weighted by molar-refractivity contribution is 5.81. The molecule has 1 unspecified atom stereocenters. The Kier molecular flexibility index (Phi) is 4.74. The van der Waals surface area contributed by atoms with Gasteiger partial charge in [-0.3, -0.25) is 5.01 Å². The lowest BCUT2D eigenvalue weighted by Crippen LogP contribution is -2.51. The monoisotopic (exact) mass is 324 g/mol. The van der Waals surface area contributed by atoms with Crippen LogP contribution >= 0.6 is 0 Å². The van der Waals surface area contributed by atoms with Crippen molar-refractivity contribution in [2.24, 2.45) is 5.84 Å². The van der Waals surface area contributed by atoms with Crippen LogP contribution in [0.3, 0.4) is 0 Å². The van der Waals surface area contributed by atoms with Crippen LogP contribution in [0.25, 0.3) is 10.9 Å². The third-order valence-corrected chi connectivity index (χ3v) is 4.59. The van der Waals surface area contributed by atoms with E-state index in [1.807, 2.05) is 18.2 Å². The lowest BCUT2D eigenvalue weighted by molar-refractivity contribution is 0.134. The molecule has 1 saturated heterocycles. The van der Waals surface area contributed by atoms with Gasteiger partial charge in [-0.1, -0.05) is 12.6 Å². The minimum absolute atomic E-state index is 0.296. The second kappa shape index (κ2) is 6.95. The van der Waals surface area contributed by atoms with Crippen molar-refractivity contribution in [1.29, 1.82) is 5.26 Å². The summed E-state index contributed by atoms with van der Waals surface area (Å²) >= 11 is 0. The molecule has 6 nitrogen and oxygen atoms in total. The first kappa shape index (κ1) is 16.4. The first-order valence-electron chi connectivity index (χ1n) is 8.24. The van der Waals surface area contributed by atoms with Crippen molar-refractivity contribution >= 4 is 10.9 Å². The fourth-order valence-corrected chi connectivity index (χ4v) is 3.23. The average molecular weight is 324 g/mol. The average Bonchev–Trinajstić information content (AvgIpc) is 3.00. The zero-order chi connectivity index (χ0) is 17.1. The number of hydrogen-bond acceptors (Lipinski definition) is 5. The molecular weight excluding hydrogens is 300 g/mol. The first-order valence-corrected chi connectivity index (χ1v) is 8.24. The zero-order valence-corrected chi connectivity index (χ0v) is 14.0. The van der Waals surface area contributed by atoms with Crippen LogP contribution in [0.15, 0.2) is 36.7 Å². The van der Waals surface area contributed by atoms with Gasteiger partial charge in [0.15, 0.2) is 0 Å². The van der Waals surface area contributed by atoms with Gasteiger partial charge in [-0.05, 0) is 50.0 Å². The highest BCUT2D eigenvalue weighted by Gasteiger charge is 2.22. The number of benzene rings is 1. The number of piperidine rings is 1. The van der Waals surface area contributed by atoms with E-state index in [0.29, 0.717) is 18.2 Å². The summed E-state index contributed by atoms with van der Waals surface area (Å²) < 4.78 is 0. The van der Waals surface area contributed by atoms with Gasteiger partial charge in [0.25, 0.3) is 0 Å². The maximum absolute atomic E-state index is 8.97. The molecule has 0 bridgehead atoms. The van der Waals surface area contributed by atoms with Gasteiger partial charge < -0.3 is 15.2 Å². The second-order valence-electron chi connectivity index (χ2n) is 6.47. The van der Waals surface area contributed by atoms with Crippen molar-refractivity contribution in [3.63, 3.8) is 0 Å². The molecule has 126 valence electrons. The molecule has 1 fully saturated rings. The van der Waals surface area contributed by atoms with Crippen molar-refractivity contribution in [1.82, 2.24) is 20.2 Å². The lowest BCUT2D eigenvalue weighted by Gasteiger charge is -2.37. The Morgan fingerprint density at radius 2 is 2.38 bits per heavy atom. The molecule has 24 heavy (non-hydrogen) atoms. The SMILES string of the molecule is C=C(NCc1cc2ccc(C#N)cc2[nH]1)N(N)C1CCCN(C)C1. The van der Waals surface area contributed by atoms with Crippen LogP contribution in [0.5, 0.6) is 0 Å². The highest BCUT2D eigenvalue weighted by Crippen LogP contribution is 2.18. The van der Waals surface area contributed by atoms with Gasteiger partial charge in [0.1, 0.15) is 5.82 Å². The summed E-state index contributed by atoms with van der Waals surface area (Å²) in [6.07, 6.45) is 2.25. The number of H-pyrrole nitrogens is 1. The zero-order valence-electron chi connectivity index (χ0n) is 14.0. The van der Waals surface area contributed by atoms with E-state index in [0.717, 1.165) is 48.3 Å². The summed E-state index contributed by atoms with van der Waals surface area (Å²) in [5.41, 5.74) is 2.66. The Balaban J connectivity index is 1.60. The Morgan fingerprint density at radius 3 is 3.12 bits per heavy atom. The first-order chi connectivity index (χ1) is 11.6. The summed E-state index contributed by atoms with van der Waals surface area (Å²) in [5, 5.41) is 15.1. The van der Waals surface area contributed by atoms with Gasteiger partial charge in [-0.2, -0.15) is 5.26 Å². The number of likely N-dealkylation sites (tertiary alicyclic amines) is 1. The molecule has 0 spiro atoms. The fraction of sp³-hybridized carbons (Fsp3) is 0.389. The normalized spacial score (nSPS) is 18.3. The number of hydrazine groups is 1. The van der Waals surface area contributed by atoms with Crippen LogP contribution in [0.1, 0.15) is 24.1 Å². The standard InChI is InChI=1S/C18H24N6/c1-13(24(20)17-4-3-7-23(2)12-17)21-11-16-9-15-6-5-14(10-19)8-18(15)22-16/h5-6,8-9,17,21-22H,1,3-4,7,11-12,20H2,2H3. The molecule has 1 aromatic carbocycles. The Bertz CT molecular complexity index is 771. The molecule has 1 aliphatic heterocycles. The predicted octanol–water partition coefficient (Wildman–Crippen LogP) is 1.87. The van der Waals surface area contributed by atoms with Crippen LogP contribution in [0, 0.1) is 11.3 Å². The molecule has 0 aliphatic carbocycles. The van der Waals surface area contributed by atoms with Gasteiger partial charge in [-0.25, -0.2) is 5.84 Å². The smallest absolute Gasteiger partial charge is 0.109 e. The molecule has 2 aromatic rings. The van der Waals surface area contributed by atoms with Crippen LogP contribution in [0.4, 0.5) is 0 Å². The summed E-state index contributed by atoms with van der Waals surface area (Å²) in [6.45, 7) is 6.77. The summed E-state index contributed by atoms with van der Waals surface area (Å²) in [5.74, 6) is 6.96. The molecule has 3 rings (SSSR count). The van der Waals surface area contributed by atoms with Crippen molar-refractivity contribution in [2.75, 3.05) is 20.1 Å². The number of aromatic amines is 1. The topological polar surface area (TPSA) is 84.1 Å². The molecule has 6 heteroatoms. The molecule has 0 radical (unpaired) electrons. The number of hydrogen-bond donors (Lipinski definition) is 3. The van der Waals surface area contributed by atoms with Crippen LogP contribution in [0.2, 0.25) is 0 Å². The molecule has 1 aromatic heterocycles. The lowest BCUT2D eigenvalue weighted by atomic mass is 10.1. The molecular formula is C18H24N6. The van der Waals surface area contributed by atoms with E-state index in [1.54, 1.807) is 5.01 Å². The fourth-order valence-electron chi connectivity index (χ4n) is 3.23. The third kappa shape index (κ3) is 3.53. The third-order valence-electron chi connectivity index (χ3n) is 4.59. The van der Waals surface area contributed by atoms with Crippen LogP contribution < -0.4 is 11.2 Å². The van der Waals surface area contributed by atoms with Gasteiger partial charge >= 0.3 is 0 Å². The number of nitrogens with zero attached hydrogens (tertiary/aromatic N) is 3. The largest absolute Gasteiger partial charge is 0.366 e. The van der Waals surface area contributed by atoms with Gasteiger partial charge in [-0.15, -0.1) is 0 Å². The predicted molar refractivity (Wildman–Crippen MR) is 95.5 cm³/mol. The molecule has 0 amide bonds. The van der Waals surface area contributed by atoms with Crippen LogP contribution in [-0.2, 0) is 6.54 Å². The number of nitriles is 1.